The summed E-state index contributed by atoms with van der Waals surface area (Å²) in [5, 5.41) is 0. The minimum Gasteiger partial charge on any atom is -0.0822 e. The van der Waals surface area contributed by atoms with Gasteiger partial charge >= 0.3 is 16.5 Å². The van der Waals surface area contributed by atoms with Gasteiger partial charge in [0.1, 0.15) is 0 Å². The van der Waals surface area contributed by atoms with Gasteiger partial charge in [-0.25, -0.2) is 0 Å². The fourth-order valence-electron chi connectivity index (χ4n) is 0.211. The Labute approximate surface area is 104 Å². The van der Waals surface area contributed by atoms with Gasteiger partial charge in [-0.15, -0.1) is 0 Å². The first kappa shape index (κ1) is 14.6. The summed E-state index contributed by atoms with van der Waals surface area (Å²) in [5.74, 6) is 0. The molecular weight excluding hydrogens is 200 g/mol. The van der Waals surface area contributed by atoms with Crippen molar-refractivity contribution in [2.24, 2.45) is 0 Å². The summed E-state index contributed by atoms with van der Waals surface area (Å²) in [6, 6.07) is 0. The largest absolute Gasteiger partial charge is 0.750 e. The Morgan fingerprint density at radius 3 is 1.60 bits per heavy atom. The zero-order valence-electron chi connectivity index (χ0n) is 5.64. The van der Waals surface area contributed by atoms with E-state index in [0.29, 0.717) is 0 Å². The summed E-state index contributed by atoms with van der Waals surface area (Å²) >= 11 is 0. The summed E-state index contributed by atoms with van der Waals surface area (Å²) in [6.07, 6.45) is 0. The molecule has 2 atom stereocenters. The molecule has 1 saturated heterocycles. The second-order valence-corrected chi connectivity index (χ2v) is 2.97. The van der Waals surface area contributed by atoms with Crippen molar-refractivity contribution in [2.45, 2.75) is 0 Å². The molecule has 1 rings (SSSR count). The second-order valence-electron chi connectivity index (χ2n) is 0.905. The molecule has 1 aliphatic rings. The van der Waals surface area contributed by atoms with Crippen LogP contribution in [0.2, 0.25) is 0 Å². The molecule has 0 amide bonds. The minimum absolute atomic E-state index is 0. The Bertz CT molecular complexity index is 124. The van der Waals surface area contributed by atoms with Crippen molar-refractivity contribution in [2.75, 3.05) is 6.79 Å². The van der Waals surface area contributed by atoms with Crippen molar-refractivity contribution in [3.05, 3.63) is 0 Å². The molecule has 0 N–H and O–H groups in total. The van der Waals surface area contributed by atoms with E-state index >= 15 is 0 Å². The normalized spacial score (nSPS) is 24.4. The maximum Gasteiger partial charge on any atom is 0.750 e. The van der Waals surface area contributed by atoms with Gasteiger partial charge in [-0.2, -0.15) is 0 Å². The Balaban J connectivity index is 0. The average molecular weight is 202 g/mol. The van der Waals surface area contributed by atoms with Crippen LogP contribution < -0.4 is 0 Å². The minimum atomic E-state index is -2.19. The molecule has 2 unspecified atom stereocenters. The summed E-state index contributed by atoms with van der Waals surface area (Å²) in [4.78, 5) is 0. The first-order valence-electron chi connectivity index (χ1n) is 1.67. The fraction of sp³-hybridized carbons (Fsp3) is 1.00. The van der Waals surface area contributed by atoms with Crippen LogP contribution in [-0.4, -0.2) is 65.9 Å². The van der Waals surface area contributed by atoms with Crippen LogP contribution in [0.5, 0.6) is 0 Å². The zero-order chi connectivity index (χ0) is 5.98. The van der Waals surface area contributed by atoms with Crippen molar-refractivity contribution in [3.63, 3.8) is 0 Å². The second kappa shape index (κ2) is 7.71. The molecule has 10 heavy (non-hydrogen) atoms. The van der Waals surface area contributed by atoms with Gasteiger partial charge in [-0.1, -0.05) is 9.05 Å². The molecule has 5 nitrogen and oxygen atoms in total. The Hall–Kier alpha value is 2.08. The molecule has 0 saturated carbocycles. The summed E-state index contributed by atoms with van der Waals surface area (Å²) in [6.45, 7) is -0.218. The van der Waals surface area contributed by atoms with Crippen molar-refractivity contribution in [1.29, 1.82) is 0 Å². The molecule has 1 fully saturated rings. The van der Waals surface area contributed by atoms with Crippen LogP contribution in [0.15, 0.2) is 0 Å². The topological polar surface area (TPSA) is 61.8 Å². The zero-order valence-corrected chi connectivity index (χ0v) is 11.4. The van der Waals surface area contributed by atoms with Crippen LogP contribution in [0.4, 0.5) is 0 Å². The van der Waals surface area contributed by atoms with Gasteiger partial charge in [0, 0.05) is 68.2 Å². The van der Waals surface area contributed by atoms with Crippen molar-refractivity contribution in [1.82, 2.24) is 0 Å². The van der Waals surface area contributed by atoms with Gasteiger partial charge < -0.3 is 0 Å². The van der Waals surface area contributed by atoms with E-state index in [1.165, 1.54) is 0 Å². The van der Waals surface area contributed by atoms with E-state index in [4.69, 9.17) is 0 Å². The van der Waals surface area contributed by atoms with Crippen LogP contribution in [-0.2, 0) is 22.5 Å². The smallest absolute Gasteiger partial charge is 0.0822 e. The van der Waals surface area contributed by atoms with Crippen LogP contribution in [0.3, 0.4) is 0 Å². The molecule has 1 heterocycles. The Kier molecular flexibility index (Phi) is 11.3. The molecule has 0 aromatic carbocycles. The number of hydrogen-bond acceptors (Lipinski definition) is 5. The van der Waals surface area contributed by atoms with Gasteiger partial charge in [0.2, 0.25) is 0 Å². The van der Waals surface area contributed by atoms with E-state index in [-0.39, 0.29) is 65.9 Å². The molecule has 0 aromatic rings. The maximum atomic E-state index is 10.1. The molecule has 0 aliphatic carbocycles. The van der Waals surface area contributed by atoms with E-state index in [0.717, 1.165) is 0 Å². The first-order valence-corrected chi connectivity index (χ1v) is 3.86. The average Bonchev–Trinajstić information content (AvgIpc) is 1.64. The Morgan fingerprint density at radius 2 is 1.40 bits per heavy atom. The standard InChI is InChI=1S/CH2O5P2.2Na/c2-7-4-1-5-8(3)6-7;;/h1H2;;/q+2;;. The third-order valence-electron chi connectivity index (χ3n) is 0.450. The van der Waals surface area contributed by atoms with Crippen molar-refractivity contribution in [3.8, 4) is 0 Å². The summed E-state index contributed by atoms with van der Waals surface area (Å²) in [5.41, 5.74) is 0. The van der Waals surface area contributed by atoms with Crippen LogP contribution in [0, 0.1) is 0 Å². The summed E-state index contributed by atoms with van der Waals surface area (Å²) < 4.78 is 32.7. The van der Waals surface area contributed by atoms with Crippen LogP contribution in [0.25, 0.3) is 0 Å². The third-order valence-corrected chi connectivity index (χ3v) is 2.15. The van der Waals surface area contributed by atoms with E-state index in [2.05, 4.69) is 13.4 Å². The maximum absolute atomic E-state index is 10.1. The van der Waals surface area contributed by atoms with Crippen LogP contribution >= 0.6 is 16.5 Å². The molecule has 1 aliphatic heterocycles. The van der Waals surface area contributed by atoms with Gasteiger partial charge in [-0.05, 0) is 0 Å². The van der Waals surface area contributed by atoms with E-state index in [1.54, 1.807) is 0 Å². The molecule has 0 spiro atoms. The SMILES string of the molecule is O=[P+]1OCO[P+](=O)O1.[Na].[Na]. The molecule has 0 bridgehead atoms. The van der Waals surface area contributed by atoms with E-state index in [1.807, 2.05) is 0 Å². The monoisotopic (exact) mass is 202 g/mol. The van der Waals surface area contributed by atoms with Gasteiger partial charge in [0.15, 0.2) is 4.31 Å². The molecule has 0 aromatic heterocycles. The van der Waals surface area contributed by atoms with Gasteiger partial charge in [0.25, 0.3) is 6.79 Å². The van der Waals surface area contributed by atoms with Gasteiger partial charge in [-0.3, -0.25) is 0 Å². The molecule has 9 heteroatoms. The predicted molar refractivity (Wildman–Crippen MR) is 34.8 cm³/mol. The van der Waals surface area contributed by atoms with Gasteiger partial charge in [0.05, 0.1) is 0 Å². The number of hydrogen-bond donors (Lipinski definition) is 0. The fourth-order valence-corrected chi connectivity index (χ4v) is 1.38. The van der Waals surface area contributed by atoms with E-state index in [9.17, 15) is 9.13 Å². The molecular formula is CH2Na2O5P2+2. The van der Waals surface area contributed by atoms with Crippen LogP contribution in [0.1, 0.15) is 0 Å². The molecule has 2 radical (unpaired) electrons. The van der Waals surface area contributed by atoms with Crippen molar-refractivity contribution >= 4 is 75.6 Å². The van der Waals surface area contributed by atoms with E-state index < -0.39 is 16.5 Å². The number of rotatable bonds is 0. The third kappa shape index (κ3) is 5.70. The predicted octanol–water partition coefficient (Wildman–Crippen LogP) is 0.560. The first-order chi connectivity index (χ1) is 3.79. The Morgan fingerprint density at radius 1 is 1.00 bits per heavy atom. The molecule has 46 valence electrons. The van der Waals surface area contributed by atoms with Crippen molar-refractivity contribution < 1.29 is 22.5 Å². The quantitative estimate of drug-likeness (QED) is 0.424. The summed E-state index contributed by atoms with van der Waals surface area (Å²) in [7, 11) is -4.38.